The summed E-state index contributed by atoms with van der Waals surface area (Å²) < 4.78 is 5.99. The second-order valence-corrected chi connectivity index (χ2v) is 6.70. The van der Waals surface area contributed by atoms with Crippen molar-refractivity contribution in [1.82, 2.24) is 4.90 Å². The van der Waals surface area contributed by atoms with Gasteiger partial charge in [-0.3, -0.25) is 0 Å². The number of aliphatic hydroxyl groups excluding tert-OH is 1. The smallest absolute Gasteiger partial charge is 0.0721 e. The van der Waals surface area contributed by atoms with Crippen LogP contribution in [-0.2, 0) is 11.3 Å². The van der Waals surface area contributed by atoms with E-state index in [1.807, 2.05) is 18.2 Å². The number of unbranched alkanes of at least 4 members (excludes halogenated alkanes) is 2. The van der Waals surface area contributed by atoms with Gasteiger partial charge in [0.1, 0.15) is 0 Å². The summed E-state index contributed by atoms with van der Waals surface area (Å²) in [5.74, 6) is 0. The largest absolute Gasteiger partial charge is 0.396 e. The zero-order valence-corrected chi connectivity index (χ0v) is 14.5. The Morgan fingerprint density at radius 2 is 1.86 bits per heavy atom. The van der Waals surface area contributed by atoms with Crippen molar-refractivity contribution in [3.63, 3.8) is 0 Å². The van der Waals surface area contributed by atoms with E-state index in [1.54, 1.807) is 0 Å². The Hall–Kier alpha value is -0.320. The molecular formula is C17H25Cl2NO2. The Morgan fingerprint density at radius 3 is 2.55 bits per heavy atom. The molecule has 1 fully saturated rings. The maximum atomic E-state index is 8.78. The molecule has 1 aromatic rings. The van der Waals surface area contributed by atoms with Crippen LogP contribution < -0.4 is 0 Å². The average Bonchev–Trinajstić information content (AvgIpc) is 2.54. The van der Waals surface area contributed by atoms with Crippen molar-refractivity contribution in [3.8, 4) is 0 Å². The fourth-order valence-electron chi connectivity index (χ4n) is 2.77. The number of nitrogens with zero attached hydrogens (tertiary/aromatic N) is 1. The third kappa shape index (κ3) is 6.05. The first-order valence-corrected chi connectivity index (χ1v) is 8.83. The Balaban J connectivity index is 1.63. The number of piperidine rings is 1. The highest BCUT2D eigenvalue weighted by Gasteiger charge is 2.19. The summed E-state index contributed by atoms with van der Waals surface area (Å²) >= 11 is 11.9. The molecule has 2 rings (SSSR count). The second kappa shape index (κ2) is 9.74. The number of benzene rings is 1. The summed E-state index contributed by atoms with van der Waals surface area (Å²) in [4.78, 5) is 2.50. The van der Waals surface area contributed by atoms with Crippen LogP contribution in [-0.4, -0.2) is 42.4 Å². The molecule has 0 unspecified atom stereocenters. The number of likely N-dealkylation sites (tertiary alicyclic amines) is 1. The van der Waals surface area contributed by atoms with Gasteiger partial charge in [0.15, 0.2) is 0 Å². The molecule has 124 valence electrons. The fourth-order valence-corrected chi connectivity index (χ4v) is 3.09. The minimum absolute atomic E-state index is 0.310. The van der Waals surface area contributed by atoms with Gasteiger partial charge in [-0.1, -0.05) is 29.3 Å². The van der Waals surface area contributed by atoms with Crippen LogP contribution in [0.5, 0.6) is 0 Å². The summed E-state index contributed by atoms with van der Waals surface area (Å²) in [5.41, 5.74) is 1.07. The van der Waals surface area contributed by atoms with Crippen LogP contribution in [0.2, 0.25) is 10.0 Å². The van der Waals surface area contributed by atoms with Gasteiger partial charge in [0.2, 0.25) is 0 Å². The van der Waals surface area contributed by atoms with Crippen molar-refractivity contribution < 1.29 is 9.84 Å². The minimum Gasteiger partial charge on any atom is -0.396 e. The standard InChI is InChI=1S/C17H25Cl2NO2/c18-16-5-4-14(12-17(16)19)13-22-15-6-9-20(10-7-15)8-2-1-3-11-21/h4-5,12,15,21H,1-3,6-11,13H2. The van der Waals surface area contributed by atoms with Gasteiger partial charge in [0.25, 0.3) is 0 Å². The molecule has 0 spiro atoms. The normalized spacial score (nSPS) is 17.0. The van der Waals surface area contributed by atoms with Crippen molar-refractivity contribution in [1.29, 1.82) is 0 Å². The predicted octanol–water partition coefficient (Wildman–Crippen LogP) is 4.14. The predicted molar refractivity (Wildman–Crippen MR) is 91.6 cm³/mol. The third-order valence-corrected chi connectivity index (χ3v) is 4.88. The van der Waals surface area contributed by atoms with E-state index >= 15 is 0 Å². The molecule has 0 aromatic heterocycles. The van der Waals surface area contributed by atoms with Crippen molar-refractivity contribution >= 4 is 23.2 Å². The third-order valence-electron chi connectivity index (χ3n) is 4.14. The first kappa shape index (κ1) is 18.0. The molecule has 0 saturated carbocycles. The van der Waals surface area contributed by atoms with Gasteiger partial charge in [-0.05, 0) is 56.3 Å². The molecule has 22 heavy (non-hydrogen) atoms. The minimum atomic E-state index is 0.310. The Bertz CT molecular complexity index is 448. The van der Waals surface area contributed by atoms with Gasteiger partial charge >= 0.3 is 0 Å². The molecule has 1 N–H and O–H groups in total. The van der Waals surface area contributed by atoms with Gasteiger partial charge in [0.05, 0.1) is 22.8 Å². The highest BCUT2D eigenvalue weighted by Crippen LogP contribution is 2.24. The summed E-state index contributed by atoms with van der Waals surface area (Å²) in [7, 11) is 0. The highest BCUT2D eigenvalue weighted by molar-refractivity contribution is 6.42. The summed E-state index contributed by atoms with van der Waals surface area (Å²) in [5, 5.41) is 9.94. The first-order valence-electron chi connectivity index (χ1n) is 8.08. The summed E-state index contributed by atoms with van der Waals surface area (Å²) in [6.45, 7) is 4.25. The number of ether oxygens (including phenoxy) is 1. The van der Waals surface area contributed by atoms with Crippen molar-refractivity contribution in [3.05, 3.63) is 33.8 Å². The lowest BCUT2D eigenvalue weighted by Gasteiger charge is -2.31. The zero-order chi connectivity index (χ0) is 15.8. The van der Waals surface area contributed by atoms with Crippen LogP contribution in [0.3, 0.4) is 0 Å². The lowest BCUT2D eigenvalue weighted by Crippen LogP contribution is -2.37. The summed E-state index contributed by atoms with van der Waals surface area (Å²) in [6, 6.07) is 5.66. The van der Waals surface area contributed by atoms with E-state index in [2.05, 4.69) is 4.90 Å². The van der Waals surface area contributed by atoms with Crippen LogP contribution in [0.25, 0.3) is 0 Å². The van der Waals surface area contributed by atoms with Crippen molar-refractivity contribution in [2.45, 2.75) is 44.8 Å². The van der Waals surface area contributed by atoms with Crippen LogP contribution in [0.15, 0.2) is 18.2 Å². The number of rotatable bonds is 8. The van der Waals surface area contributed by atoms with Crippen LogP contribution in [0, 0.1) is 0 Å². The molecule has 0 amide bonds. The highest BCUT2D eigenvalue weighted by atomic mass is 35.5. The maximum Gasteiger partial charge on any atom is 0.0721 e. The van der Waals surface area contributed by atoms with Gasteiger partial charge < -0.3 is 14.7 Å². The SMILES string of the molecule is OCCCCCN1CCC(OCc2ccc(Cl)c(Cl)c2)CC1. The zero-order valence-electron chi connectivity index (χ0n) is 12.9. The lowest BCUT2D eigenvalue weighted by molar-refractivity contribution is -0.00267. The molecule has 3 nitrogen and oxygen atoms in total. The number of halogens is 2. The molecule has 0 aliphatic carbocycles. The number of hydrogen-bond donors (Lipinski definition) is 1. The molecular weight excluding hydrogens is 321 g/mol. The molecule has 5 heteroatoms. The maximum absolute atomic E-state index is 8.78. The van der Waals surface area contributed by atoms with Crippen LogP contribution >= 0.6 is 23.2 Å². The molecule has 1 heterocycles. The topological polar surface area (TPSA) is 32.7 Å². The molecule has 0 atom stereocenters. The van der Waals surface area contributed by atoms with E-state index in [0.29, 0.717) is 29.4 Å². The number of hydrogen-bond acceptors (Lipinski definition) is 3. The summed E-state index contributed by atoms with van der Waals surface area (Å²) in [6.07, 6.45) is 5.72. The van der Waals surface area contributed by atoms with E-state index < -0.39 is 0 Å². The van der Waals surface area contributed by atoms with Crippen molar-refractivity contribution in [2.75, 3.05) is 26.2 Å². The van der Waals surface area contributed by atoms with Crippen LogP contribution in [0.1, 0.15) is 37.7 Å². The van der Waals surface area contributed by atoms with E-state index in [1.165, 1.54) is 6.42 Å². The Labute approximate surface area is 143 Å². The van der Waals surface area contributed by atoms with E-state index in [4.69, 9.17) is 33.0 Å². The molecule has 1 saturated heterocycles. The Kier molecular flexibility index (Phi) is 7.98. The molecule has 0 bridgehead atoms. The van der Waals surface area contributed by atoms with E-state index in [-0.39, 0.29) is 0 Å². The van der Waals surface area contributed by atoms with Crippen molar-refractivity contribution in [2.24, 2.45) is 0 Å². The monoisotopic (exact) mass is 345 g/mol. The lowest BCUT2D eigenvalue weighted by atomic mass is 10.1. The quantitative estimate of drug-likeness (QED) is 0.718. The average molecular weight is 346 g/mol. The number of aliphatic hydroxyl groups is 1. The van der Waals surface area contributed by atoms with Crippen LogP contribution in [0.4, 0.5) is 0 Å². The van der Waals surface area contributed by atoms with Gasteiger partial charge in [-0.15, -0.1) is 0 Å². The molecule has 1 aliphatic rings. The first-order chi connectivity index (χ1) is 10.7. The molecule has 1 aromatic carbocycles. The van der Waals surface area contributed by atoms with E-state index in [9.17, 15) is 0 Å². The van der Waals surface area contributed by atoms with Gasteiger partial charge in [-0.25, -0.2) is 0 Å². The Morgan fingerprint density at radius 1 is 1.09 bits per heavy atom. The molecule has 0 radical (unpaired) electrons. The second-order valence-electron chi connectivity index (χ2n) is 5.88. The fraction of sp³-hybridized carbons (Fsp3) is 0.647. The van der Waals surface area contributed by atoms with Gasteiger partial charge in [0, 0.05) is 19.7 Å². The molecule has 1 aliphatic heterocycles. The van der Waals surface area contributed by atoms with E-state index in [0.717, 1.165) is 50.9 Å². The van der Waals surface area contributed by atoms with Gasteiger partial charge in [-0.2, -0.15) is 0 Å².